The van der Waals surface area contributed by atoms with Crippen LogP contribution in [0.15, 0.2) is 11.2 Å². The third kappa shape index (κ3) is 2.37. The number of hydrogen-bond acceptors (Lipinski definition) is 7. The average Bonchev–Trinajstić information content (AvgIpc) is 2.82. The molecule has 0 aliphatic heterocycles. The normalized spacial score (nSPS) is 11.5. The minimum absolute atomic E-state index is 0.0699. The SMILES string of the molecule is Cn1nnc(-c2cnn(C)c2S(=O)(=O)NC(N)=O)n1. The van der Waals surface area contributed by atoms with Crippen molar-refractivity contribution in [2.75, 3.05) is 0 Å². The lowest BCUT2D eigenvalue weighted by Gasteiger charge is -2.05. The van der Waals surface area contributed by atoms with Crippen LogP contribution in [0.4, 0.5) is 4.79 Å². The molecule has 2 rings (SSSR count). The molecular weight excluding hydrogens is 276 g/mol. The Bertz CT molecular complexity index is 729. The highest BCUT2D eigenvalue weighted by atomic mass is 32.2. The first-order valence-electron chi connectivity index (χ1n) is 4.90. The number of primary amides is 1. The standard InChI is InChI=1S/C7H10N8O3S/c1-14-6(19(17,18)12-7(8)16)4(3-9-14)5-10-13-15(2)11-5/h3H,1-2H3,(H3,8,12,16). The molecule has 12 heteroatoms. The van der Waals surface area contributed by atoms with Crippen molar-refractivity contribution in [2.45, 2.75) is 5.03 Å². The third-order valence-corrected chi connectivity index (χ3v) is 3.59. The lowest BCUT2D eigenvalue weighted by atomic mass is 10.3. The van der Waals surface area contributed by atoms with Gasteiger partial charge in [-0.15, -0.1) is 10.2 Å². The highest BCUT2D eigenvalue weighted by molar-refractivity contribution is 7.90. The molecule has 0 saturated carbocycles. The fourth-order valence-electron chi connectivity index (χ4n) is 1.47. The molecule has 2 aromatic heterocycles. The number of urea groups is 1. The van der Waals surface area contributed by atoms with Gasteiger partial charge in [-0.2, -0.15) is 18.3 Å². The highest BCUT2D eigenvalue weighted by Gasteiger charge is 2.27. The van der Waals surface area contributed by atoms with Crippen molar-refractivity contribution >= 4 is 16.1 Å². The molecule has 0 spiro atoms. The van der Waals surface area contributed by atoms with Crippen LogP contribution >= 0.6 is 0 Å². The minimum Gasteiger partial charge on any atom is -0.351 e. The zero-order valence-electron chi connectivity index (χ0n) is 9.97. The summed E-state index contributed by atoms with van der Waals surface area (Å²) >= 11 is 0. The molecule has 0 fully saturated rings. The highest BCUT2D eigenvalue weighted by Crippen LogP contribution is 2.22. The maximum absolute atomic E-state index is 12.0. The lowest BCUT2D eigenvalue weighted by Crippen LogP contribution is -2.36. The molecule has 0 aromatic carbocycles. The van der Waals surface area contributed by atoms with E-state index in [1.165, 1.54) is 25.1 Å². The Kier molecular flexibility index (Phi) is 2.94. The first-order chi connectivity index (χ1) is 8.81. The molecule has 0 unspecified atom stereocenters. The third-order valence-electron chi connectivity index (χ3n) is 2.12. The monoisotopic (exact) mass is 286 g/mol. The van der Waals surface area contributed by atoms with E-state index in [1.807, 2.05) is 0 Å². The van der Waals surface area contributed by atoms with Gasteiger partial charge in [0.25, 0.3) is 10.0 Å². The molecule has 11 nitrogen and oxygen atoms in total. The van der Waals surface area contributed by atoms with E-state index in [9.17, 15) is 13.2 Å². The number of aryl methyl sites for hydroxylation is 2. The second-order valence-electron chi connectivity index (χ2n) is 3.56. The molecule has 0 saturated heterocycles. The number of tetrazole rings is 1. The van der Waals surface area contributed by atoms with Gasteiger partial charge in [0.15, 0.2) is 5.03 Å². The van der Waals surface area contributed by atoms with E-state index in [0.717, 1.165) is 4.68 Å². The predicted octanol–water partition coefficient (Wildman–Crippen LogP) is -2.03. The van der Waals surface area contributed by atoms with Crippen LogP contribution in [0.2, 0.25) is 0 Å². The van der Waals surface area contributed by atoms with Gasteiger partial charge in [-0.25, -0.2) is 9.52 Å². The van der Waals surface area contributed by atoms with Crippen LogP contribution in [0.1, 0.15) is 0 Å². The van der Waals surface area contributed by atoms with E-state index in [2.05, 4.69) is 20.5 Å². The molecule has 0 atom stereocenters. The van der Waals surface area contributed by atoms with Crippen molar-refractivity contribution in [3.8, 4) is 11.4 Å². The van der Waals surface area contributed by atoms with E-state index < -0.39 is 16.1 Å². The summed E-state index contributed by atoms with van der Waals surface area (Å²) < 4.78 is 26.7. The minimum atomic E-state index is -4.16. The zero-order valence-corrected chi connectivity index (χ0v) is 10.8. The quantitative estimate of drug-likeness (QED) is 0.660. The molecule has 3 N–H and O–H groups in total. The lowest BCUT2D eigenvalue weighted by molar-refractivity contribution is 0.253. The Labute approximate surface area is 107 Å². The van der Waals surface area contributed by atoms with E-state index in [4.69, 9.17) is 5.73 Å². The number of amides is 2. The molecule has 0 aliphatic carbocycles. The fraction of sp³-hybridized carbons (Fsp3) is 0.286. The molecule has 0 bridgehead atoms. The summed E-state index contributed by atoms with van der Waals surface area (Å²) in [5.41, 5.74) is 4.94. The Morgan fingerprint density at radius 3 is 2.63 bits per heavy atom. The largest absolute Gasteiger partial charge is 0.351 e. The van der Waals surface area contributed by atoms with Crippen molar-refractivity contribution in [1.29, 1.82) is 0 Å². The number of nitrogens with one attached hydrogen (secondary N) is 1. The number of carbonyl (C=O) groups excluding carboxylic acids is 1. The molecular formula is C7H10N8O3S. The Morgan fingerprint density at radius 1 is 1.42 bits per heavy atom. The Hall–Kier alpha value is -2.50. The number of hydrogen-bond donors (Lipinski definition) is 2. The summed E-state index contributed by atoms with van der Waals surface area (Å²) in [4.78, 5) is 11.9. The van der Waals surface area contributed by atoms with Crippen LogP contribution in [0.5, 0.6) is 0 Å². The number of aromatic nitrogens is 6. The maximum Gasteiger partial charge on any atom is 0.326 e. The predicted molar refractivity (Wildman–Crippen MR) is 60.9 cm³/mol. The summed E-state index contributed by atoms with van der Waals surface area (Å²) in [5.74, 6) is 0.0699. The summed E-state index contributed by atoms with van der Waals surface area (Å²) in [6, 6.07) is -1.20. The van der Waals surface area contributed by atoms with Crippen molar-refractivity contribution in [1.82, 2.24) is 34.7 Å². The maximum atomic E-state index is 12.0. The smallest absolute Gasteiger partial charge is 0.326 e. The van der Waals surface area contributed by atoms with E-state index >= 15 is 0 Å². The van der Waals surface area contributed by atoms with Crippen LogP contribution in [0, 0.1) is 0 Å². The first-order valence-corrected chi connectivity index (χ1v) is 6.38. The Balaban J connectivity index is 2.58. The second-order valence-corrected chi connectivity index (χ2v) is 5.16. The average molecular weight is 286 g/mol. The van der Waals surface area contributed by atoms with Gasteiger partial charge < -0.3 is 5.73 Å². The summed E-state index contributed by atoms with van der Waals surface area (Å²) in [6.07, 6.45) is 1.26. The van der Waals surface area contributed by atoms with E-state index in [1.54, 1.807) is 4.72 Å². The van der Waals surface area contributed by atoms with Crippen LogP contribution in [0.3, 0.4) is 0 Å². The van der Waals surface area contributed by atoms with Gasteiger partial charge in [0.2, 0.25) is 5.82 Å². The summed E-state index contributed by atoms with van der Waals surface area (Å²) in [7, 11) is -1.23. The number of sulfonamides is 1. The van der Waals surface area contributed by atoms with Gasteiger partial charge in [-0.05, 0) is 5.21 Å². The Morgan fingerprint density at radius 2 is 2.11 bits per heavy atom. The molecule has 102 valence electrons. The van der Waals surface area contributed by atoms with Gasteiger partial charge in [0, 0.05) is 7.05 Å². The topological polar surface area (TPSA) is 151 Å². The van der Waals surface area contributed by atoms with Crippen LogP contribution in [-0.4, -0.2) is 44.4 Å². The van der Waals surface area contributed by atoms with Crippen LogP contribution in [0.25, 0.3) is 11.4 Å². The molecule has 2 heterocycles. The van der Waals surface area contributed by atoms with Gasteiger partial charge >= 0.3 is 6.03 Å². The molecule has 2 amide bonds. The fourth-order valence-corrected chi connectivity index (χ4v) is 2.66. The summed E-state index contributed by atoms with van der Waals surface area (Å²) in [5, 5.41) is 14.7. The van der Waals surface area contributed by atoms with Crippen molar-refractivity contribution in [3.63, 3.8) is 0 Å². The van der Waals surface area contributed by atoms with E-state index in [0.29, 0.717) is 0 Å². The molecule has 19 heavy (non-hydrogen) atoms. The van der Waals surface area contributed by atoms with Crippen LogP contribution in [-0.2, 0) is 24.1 Å². The summed E-state index contributed by atoms with van der Waals surface area (Å²) in [6.45, 7) is 0. The number of nitrogens with two attached hydrogens (primary N) is 1. The number of rotatable bonds is 3. The first kappa shape index (κ1) is 12.9. The molecule has 0 radical (unpaired) electrons. The van der Waals surface area contributed by atoms with Gasteiger partial charge in [-0.3, -0.25) is 4.68 Å². The van der Waals surface area contributed by atoms with Gasteiger partial charge in [0.1, 0.15) is 0 Å². The number of nitrogens with zero attached hydrogens (tertiary/aromatic N) is 6. The van der Waals surface area contributed by atoms with Crippen molar-refractivity contribution in [3.05, 3.63) is 6.20 Å². The molecule has 2 aromatic rings. The zero-order chi connectivity index (χ0) is 14.2. The van der Waals surface area contributed by atoms with Gasteiger partial charge in [0.05, 0.1) is 18.8 Å². The second kappa shape index (κ2) is 4.31. The van der Waals surface area contributed by atoms with Crippen LogP contribution < -0.4 is 10.5 Å². The van der Waals surface area contributed by atoms with Crippen molar-refractivity contribution in [2.24, 2.45) is 19.8 Å². The van der Waals surface area contributed by atoms with Gasteiger partial charge in [-0.1, -0.05) is 0 Å². The number of carbonyl (C=O) groups is 1. The van der Waals surface area contributed by atoms with Crippen molar-refractivity contribution < 1.29 is 13.2 Å². The van der Waals surface area contributed by atoms with E-state index in [-0.39, 0.29) is 16.4 Å². The molecule has 0 aliphatic rings.